The van der Waals surface area contributed by atoms with E-state index in [0.717, 1.165) is 10.9 Å². The molecule has 15 heavy (non-hydrogen) atoms. The predicted octanol–water partition coefficient (Wildman–Crippen LogP) is 1.67. The molecule has 4 nitrogen and oxygen atoms in total. The van der Waals surface area contributed by atoms with E-state index in [1.807, 2.05) is 0 Å². The molecular formula is C9H10ClNO3S. The van der Waals surface area contributed by atoms with E-state index in [4.69, 9.17) is 16.4 Å². The minimum atomic E-state index is -3.50. The zero-order valence-corrected chi connectivity index (χ0v) is 9.46. The van der Waals surface area contributed by atoms with Crippen molar-refractivity contribution in [3.63, 3.8) is 0 Å². The predicted molar refractivity (Wildman–Crippen MR) is 55.9 cm³/mol. The lowest BCUT2D eigenvalue weighted by Crippen LogP contribution is -2.26. The number of hydrogen-bond acceptors (Lipinski definition) is 3. The minimum Gasteiger partial charge on any atom is -0.284 e. The normalized spacial score (nSPS) is 18.2. The van der Waals surface area contributed by atoms with Gasteiger partial charge in [-0.15, -0.1) is 0 Å². The Hall–Kier alpha value is -0.620. The van der Waals surface area contributed by atoms with Gasteiger partial charge in [0.2, 0.25) is 0 Å². The van der Waals surface area contributed by atoms with Crippen LogP contribution in [0.2, 0.25) is 5.02 Å². The van der Waals surface area contributed by atoms with Gasteiger partial charge in [-0.3, -0.25) is 4.84 Å². The number of rotatable bonds is 2. The summed E-state index contributed by atoms with van der Waals surface area (Å²) in [5, 5.41) is 0.510. The molecule has 6 heteroatoms. The molecule has 1 aliphatic rings. The third-order valence-electron chi connectivity index (χ3n) is 2.10. The first kappa shape index (κ1) is 10.9. The molecule has 2 rings (SSSR count). The molecule has 1 aromatic carbocycles. The van der Waals surface area contributed by atoms with Crippen LogP contribution in [0.4, 0.5) is 0 Å². The molecule has 1 aliphatic heterocycles. The lowest BCUT2D eigenvalue weighted by Gasteiger charge is -2.13. The van der Waals surface area contributed by atoms with Gasteiger partial charge in [0.25, 0.3) is 10.0 Å². The molecule has 82 valence electrons. The highest BCUT2D eigenvalue weighted by Gasteiger charge is 2.28. The third-order valence-corrected chi connectivity index (χ3v) is 4.04. The highest BCUT2D eigenvalue weighted by molar-refractivity contribution is 7.89. The van der Waals surface area contributed by atoms with Crippen molar-refractivity contribution >= 4 is 21.6 Å². The van der Waals surface area contributed by atoms with E-state index in [0.29, 0.717) is 18.2 Å². The lowest BCUT2D eigenvalue weighted by molar-refractivity contribution is -0.0284. The van der Waals surface area contributed by atoms with E-state index in [-0.39, 0.29) is 4.90 Å². The van der Waals surface area contributed by atoms with Gasteiger partial charge in [-0.05, 0) is 30.7 Å². The van der Waals surface area contributed by atoms with Gasteiger partial charge in [-0.2, -0.15) is 0 Å². The van der Waals surface area contributed by atoms with Crippen molar-refractivity contribution in [1.82, 2.24) is 4.47 Å². The Labute approximate surface area is 93.4 Å². The van der Waals surface area contributed by atoms with Gasteiger partial charge in [0.05, 0.1) is 11.5 Å². The second-order valence-electron chi connectivity index (χ2n) is 3.17. The average Bonchev–Trinajstić information content (AvgIpc) is 2.71. The summed E-state index contributed by atoms with van der Waals surface area (Å²) in [6.07, 6.45) is 0.729. The smallest absolute Gasteiger partial charge is 0.265 e. The van der Waals surface area contributed by atoms with E-state index in [1.165, 1.54) is 12.1 Å². The van der Waals surface area contributed by atoms with E-state index in [9.17, 15) is 8.42 Å². The molecule has 0 N–H and O–H groups in total. The first-order valence-electron chi connectivity index (χ1n) is 4.52. The topological polar surface area (TPSA) is 46.6 Å². The van der Waals surface area contributed by atoms with Gasteiger partial charge < -0.3 is 0 Å². The summed E-state index contributed by atoms with van der Waals surface area (Å²) in [4.78, 5) is 5.22. The van der Waals surface area contributed by atoms with Crippen LogP contribution in [0, 0.1) is 0 Å². The van der Waals surface area contributed by atoms with Crippen LogP contribution in [0.1, 0.15) is 6.42 Å². The second kappa shape index (κ2) is 4.09. The Morgan fingerprint density at radius 1 is 1.27 bits per heavy atom. The number of hydrogen-bond donors (Lipinski definition) is 0. The Morgan fingerprint density at radius 2 is 1.93 bits per heavy atom. The minimum absolute atomic E-state index is 0.203. The fourth-order valence-electron chi connectivity index (χ4n) is 1.34. The van der Waals surface area contributed by atoms with Crippen molar-refractivity contribution < 1.29 is 13.3 Å². The van der Waals surface area contributed by atoms with Crippen LogP contribution >= 0.6 is 11.6 Å². The summed E-state index contributed by atoms with van der Waals surface area (Å²) < 4.78 is 24.8. The molecule has 1 saturated heterocycles. The second-order valence-corrected chi connectivity index (χ2v) is 5.44. The maximum Gasteiger partial charge on any atom is 0.265 e. The van der Waals surface area contributed by atoms with Crippen LogP contribution in [0.3, 0.4) is 0 Å². The van der Waals surface area contributed by atoms with Crippen molar-refractivity contribution in [3.05, 3.63) is 29.3 Å². The maximum absolute atomic E-state index is 11.9. The SMILES string of the molecule is O=S(=O)(c1ccc(Cl)cc1)N1CCCO1. The number of benzene rings is 1. The van der Waals surface area contributed by atoms with Crippen LogP contribution in [0.25, 0.3) is 0 Å². The molecule has 0 aromatic heterocycles. The zero-order valence-electron chi connectivity index (χ0n) is 7.89. The molecule has 0 radical (unpaired) electrons. The monoisotopic (exact) mass is 247 g/mol. The van der Waals surface area contributed by atoms with E-state index in [2.05, 4.69) is 0 Å². The van der Waals surface area contributed by atoms with Crippen LogP contribution in [0.5, 0.6) is 0 Å². The number of hydroxylamine groups is 1. The van der Waals surface area contributed by atoms with Crippen LogP contribution in [-0.2, 0) is 14.9 Å². The molecule has 1 fully saturated rings. The molecule has 0 bridgehead atoms. The molecule has 0 saturated carbocycles. The van der Waals surface area contributed by atoms with Gasteiger partial charge in [-0.1, -0.05) is 16.1 Å². The molecule has 1 aromatic rings. The molecule has 0 unspecified atom stereocenters. The molecule has 1 heterocycles. The largest absolute Gasteiger partial charge is 0.284 e. The highest BCUT2D eigenvalue weighted by Crippen LogP contribution is 2.21. The van der Waals surface area contributed by atoms with Crippen LogP contribution in [-0.4, -0.2) is 26.0 Å². The van der Waals surface area contributed by atoms with Gasteiger partial charge in [0, 0.05) is 11.6 Å². The molecule has 0 spiro atoms. The van der Waals surface area contributed by atoms with Crippen molar-refractivity contribution in [3.8, 4) is 0 Å². The Bertz CT molecular complexity index is 437. The molecule has 0 atom stereocenters. The summed E-state index contributed by atoms with van der Waals surface area (Å²) in [7, 11) is -3.50. The summed E-state index contributed by atoms with van der Waals surface area (Å²) >= 11 is 5.68. The lowest BCUT2D eigenvalue weighted by atomic mass is 10.4. The summed E-state index contributed by atoms with van der Waals surface area (Å²) in [6, 6.07) is 6.04. The molecule has 0 aliphatic carbocycles. The van der Waals surface area contributed by atoms with E-state index >= 15 is 0 Å². The van der Waals surface area contributed by atoms with Crippen molar-refractivity contribution in [2.24, 2.45) is 0 Å². The Morgan fingerprint density at radius 3 is 2.47 bits per heavy atom. The van der Waals surface area contributed by atoms with E-state index in [1.54, 1.807) is 12.1 Å². The first-order valence-corrected chi connectivity index (χ1v) is 6.34. The van der Waals surface area contributed by atoms with Crippen molar-refractivity contribution in [2.45, 2.75) is 11.3 Å². The molecule has 0 amide bonds. The van der Waals surface area contributed by atoms with Crippen molar-refractivity contribution in [2.75, 3.05) is 13.2 Å². The van der Waals surface area contributed by atoms with Crippen molar-refractivity contribution in [1.29, 1.82) is 0 Å². The summed E-state index contributed by atoms with van der Waals surface area (Å²) in [5.74, 6) is 0. The van der Waals surface area contributed by atoms with Gasteiger partial charge in [0.15, 0.2) is 0 Å². The van der Waals surface area contributed by atoms with Gasteiger partial charge in [-0.25, -0.2) is 8.42 Å². The van der Waals surface area contributed by atoms with Crippen LogP contribution < -0.4 is 0 Å². The number of nitrogens with zero attached hydrogens (tertiary/aromatic N) is 1. The standard InChI is InChI=1S/C9H10ClNO3S/c10-8-2-4-9(5-3-8)15(12,13)11-6-1-7-14-11/h2-5H,1,6-7H2. The van der Waals surface area contributed by atoms with E-state index < -0.39 is 10.0 Å². The number of halogens is 1. The quantitative estimate of drug-likeness (QED) is 0.799. The third kappa shape index (κ3) is 2.15. The Balaban J connectivity index is 2.32. The molecular weight excluding hydrogens is 238 g/mol. The highest BCUT2D eigenvalue weighted by atomic mass is 35.5. The maximum atomic E-state index is 11.9. The number of sulfonamides is 1. The van der Waals surface area contributed by atoms with Gasteiger partial charge in [0.1, 0.15) is 0 Å². The fraction of sp³-hybridized carbons (Fsp3) is 0.333. The first-order chi connectivity index (χ1) is 7.10. The summed E-state index contributed by atoms with van der Waals surface area (Å²) in [5.41, 5.74) is 0. The Kier molecular flexibility index (Phi) is 2.97. The van der Waals surface area contributed by atoms with Gasteiger partial charge >= 0.3 is 0 Å². The summed E-state index contributed by atoms with van der Waals surface area (Å²) in [6.45, 7) is 0.859. The fourth-order valence-corrected chi connectivity index (χ4v) is 2.76. The van der Waals surface area contributed by atoms with Crippen LogP contribution in [0.15, 0.2) is 29.2 Å². The zero-order chi connectivity index (χ0) is 10.9. The average molecular weight is 248 g/mol.